The Kier molecular flexibility index (Phi) is 5.53. The monoisotopic (exact) mass is 371 g/mol. The molecule has 0 bridgehead atoms. The van der Waals surface area contributed by atoms with Crippen LogP contribution in [0.1, 0.15) is 12.5 Å². The first kappa shape index (κ1) is 17.9. The molecule has 134 valence electrons. The van der Waals surface area contributed by atoms with Gasteiger partial charge in [-0.1, -0.05) is 47.1 Å². The number of nitrogens with zero attached hydrogens (tertiary/aromatic N) is 3. The minimum absolute atomic E-state index is 0.0749. The van der Waals surface area contributed by atoms with Gasteiger partial charge in [-0.15, -0.1) is 0 Å². The number of aromatic nitrogens is 2. The summed E-state index contributed by atoms with van der Waals surface area (Å²) in [7, 11) is 0. The molecule has 0 spiro atoms. The second-order valence-electron chi connectivity index (χ2n) is 5.58. The van der Waals surface area contributed by atoms with Gasteiger partial charge in [-0.25, -0.2) is 0 Å². The summed E-state index contributed by atoms with van der Waals surface area (Å²) in [5.41, 5.74) is 2.50. The van der Waals surface area contributed by atoms with Crippen molar-refractivity contribution in [3.05, 3.63) is 59.1 Å². The predicted octanol–water partition coefficient (Wildman–Crippen LogP) is 4.13. The molecule has 0 atom stereocenters. The van der Waals surface area contributed by atoms with E-state index in [2.05, 4.69) is 10.1 Å². The molecule has 3 rings (SSSR count). The van der Waals surface area contributed by atoms with E-state index in [0.717, 1.165) is 11.3 Å². The van der Waals surface area contributed by atoms with Crippen molar-refractivity contribution in [3.8, 4) is 17.5 Å². The zero-order chi connectivity index (χ0) is 18.5. The third-order valence-electron chi connectivity index (χ3n) is 3.86. The number of ether oxygens (including phenoxy) is 1. The van der Waals surface area contributed by atoms with Gasteiger partial charge in [0.25, 0.3) is 5.91 Å². The molecule has 0 aliphatic heterocycles. The molecule has 0 fully saturated rings. The highest BCUT2D eigenvalue weighted by Crippen LogP contribution is 2.26. The van der Waals surface area contributed by atoms with E-state index in [1.165, 1.54) is 0 Å². The van der Waals surface area contributed by atoms with Crippen LogP contribution in [0.4, 0.5) is 5.69 Å². The van der Waals surface area contributed by atoms with Crippen molar-refractivity contribution in [2.24, 2.45) is 0 Å². The standard InChI is InChI=1S/C19H18ClN3O3/c1-3-23(16-11-7-4-8-13(16)2)17(24)12-25-19-21-18(22-26-19)14-9-5-6-10-15(14)20/h4-11H,3,12H2,1-2H3. The second kappa shape index (κ2) is 8.01. The lowest BCUT2D eigenvalue weighted by Gasteiger charge is -2.22. The quantitative estimate of drug-likeness (QED) is 0.651. The van der Waals surface area contributed by atoms with Crippen LogP contribution in [0, 0.1) is 6.92 Å². The summed E-state index contributed by atoms with van der Waals surface area (Å²) in [5, 5.41) is 4.35. The number of hydrogen-bond donors (Lipinski definition) is 0. The maximum atomic E-state index is 12.5. The number of benzene rings is 2. The van der Waals surface area contributed by atoms with E-state index in [1.807, 2.05) is 50.2 Å². The normalized spacial score (nSPS) is 10.6. The number of aryl methyl sites for hydroxylation is 1. The minimum Gasteiger partial charge on any atom is -0.439 e. The van der Waals surface area contributed by atoms with Crippen molar-refractivity contribution in [2.75, 3.05) is 18.1 Å². The third-order valence-corrected chi connectivity index (χ3v) is 4.19. The largest absolute Gasteiger partial charge is 0.439 e. The number of carbonyl (C=O) groups excluding carboxylic acids is 1. The second-order valence-corrected chi connectivity index (χ2v) is 5.98. The van der Waals surface area contributed by atoms with Gasteiger partial charge in [-0.2, -0.15) is 4.98 Å². The van der Waals surface area contributed by atoms with E-state index in [4.69, 9.17) is 20.9 Å². The van der Waals surface area contributed by atoms with Crippen molar-refractivity contribution >= 4 is 23.2 Å². The number of likely N-dealkylation sites (N-methyl/N-ethyl adjacent to an activating group) is 1. The fourth-order valence-electron chi connectivity index (χ4n) is 2.57. The fraction of sp³-hybridized carbons (Fsp3) is 0.211. The lowest BCUT2D eigenvalue weighted by Crippen LogP contribution is -2.35. The molecule has 0 saturated heterocycles. The Hall–Kier alpha value is -2.86. The Morgan fingerprint density at radius 3 is 2.65 bits per heavy atom. The fourth-order valence-corrected chi connectivity index (χ4v) is 2.79. The van der Waals surface area contributed by atoms with Gasteiger partial charge in [0.2, 0.25) is 5.82 Å². The van der Waals surface area contributed by atoms with Gasteiger partial charge >= 0.3 is 6.08 Å². The average Bonchev–Trinajstić information content (AvgIpc) is 3.11. The van der Waals surface area contributed by atoms with Crippen LogP contribution >= 0.6 is 11.6 Å². The van der Waals surface area contributed by atoms with Crippen molar-refractivity contribution in [3.63, 3.8) is 0 Å². The molecule has 0 N–H and O–H groups in total. The van der Waals surface area contributed by atoms with E-state index in [-0.39, 0.29) is 18.6 Å². The Bertz CT molecular complexity index is 910. The number of rotatable bonds is 6. The molecular formula is C19H18ClN3O3. The van der Waals surface area contributed by atoms with Crippen LogP contribution in [-0.2, 0) is 4.79 Å². The van der Waals surface area contributed by atoms with Gasteiger partial charge in [0, 0.05) is 17.8 Å². The highest BCUT2D eigenvalue weighted by atomic mass is 35.5. The first-order chi connectivity index (χ1) is 12.6. The molecule has 1 amide bonds. The van der Waals surface area contributed by atoms with Crippen LogP contribution in [0.2, 0.25) is 5.02 Å². The zero-order valence-electron chi connectivity index (χ0n) is 14.5. The van der Waals surface area contributed by atoms with Crippen LogP contribution in [0.3, 0.4) is 0 Å². The van der Waals surface area contributed by atoms with Gasteiger partial charge < -0.3 is 9.64 Å². The molecule has 3 aromatic rings. The van der Waals surface area contributed by atoms with Gasteiger partial charge in [-0.05, 0) is 37.6 Å². The average molecular weight is 372 g/mol. The number of hydrogen-bond acceptors (Lipinski definition) is 5. The number of carbonyl (C=O) groups is 1. The molecule has 7 heteroatoms. The Morgan fingerprint density at radius 1 is 1.19 bits per heavy atom. The summed E-state index contributed by atoms with van der Waals surface area (Å²) in [4.78, 5) is 18.3. The van der Waals surface area contributed by atoms with E-state index in [9.17, 15) is 4.79 Å². The van der Waals surface area contributed by atoms with Crippen LogP contribution in [-0.4, -0.2) is 29.2 Å². The molecule has 26 heavy (non-hydrogen) atoms. The van der Waals surface area contributed by atoms with Crippen LogP contribution in [0.15, 0.2) is 53.1 Å². The molecule has 0 aliphatic carbocycles. The Morgan fingerprint density at radius 2 is 1.92 bits per heavy atom. The highest BCUT2D eigenvalue weighted by molar-refractivity contribution is 6.33. The topological polar surface area (TPSA) is 68.5 Å². The van der Waals surface area contributed by atoms with Crippen molar-refractivity contribution < 1.29 is 14.1 Å². The Labute approximate surface area is 156 Å². The summed E-state index contributed by atoms with van der Waals surface area (Å²) < 4.78 is 10.4. The van der Waals surface area contributed by atoms with Crippen LogP contribution < -0.4 is 9.64 Å². The van der Waals surface area contributed by atoms with Crippen LogP contribution in [0.5, 0.6) is 6.08 Å². The molecular weight excluding hydrogens is 354 g/mol. The van der Waals surface area contributed by atoms with Crippen molar-refractivity contribution in [2.45, 2.75) is 13.8 Å². The molecule has 1 heterocycles. The summed E-state index contributed by atoms with van der Waals surface area (Å²) in [6.07, 6.45) is -0.0749. The van der Waals surface area contributed by atoms with Crippen molar-refractivity contribution in [1.29, 1.82) is 0 Å². The third kappa shape index (κ3) is 3.86. The molecule has 2 aromatic carbocycles. The maximum Gasteiger partial charge on any atom is 0.418 e. The molecule has 6 nitrogen and oxygen atoms in total. The van der Waals surface area contributed by atoms with Gasteiger partial charge in [0.15, 0.2) is 6.61 Å². The lowest BCUT2D eigenvalue weighted by molar-refractivity contribution is -0.121. The van der Waals surface area contributed by atoms with E-state index >= 15 is 0 Å². The molecule has 0 radical (unpaired) electrons. The van der Waals surface area contributed by atoms with E-state index in [1.54, 1.807) is 17.0 Å². The molecule has 0 unspecified atom stereocenters. The van der Waals surface area contributed by atoms with Gasteiger partial charge in [0.05, 0.1) is 5.02 Å². The predicted molar refractivity (Wildman–Crippen MR) is 99.4 cm³/mol. The van der Waals surface area contributed by atoms with E-state index in [0.29, 0.717) is 23.0 Å². The summed E-state index contributed by atoms with van der Waals surface area (Å²) in [5.74, 6) is 0.114. The SMILES string of the molecule is CCN(C(=O)COc1nc(-c2ccccc2Cl)no1)c1ccccc1C. The summed E-state index contributed by atoms with van der Waals surface area (Å²) >= 11 is 6.12. The van der Waals surface area contributed by atoms with Crippen molar-refractivity contribution in [1.82, 2.24) is 10.1 Å². The minimum atomic E-state index is -0.202. The van der Waals surface area contributed by atoms with Gasteiger partial charge in [0.1, 0.15) is 0 Å². The van der Waals surface area contributed by atoms with Crippen LogP contribution in [0.25, 0.3) is 11.4 Å². The molecule has 0 saturated carbocycles. The number of halogens is 1. The zero-order valence-corrected chi connectivity index (χ0v) is 15.2. The summed E-state index contributed by atoms with van der Waals surface area (Å²) in [6, 6.07) is 14.8. The molecule has 1 aromatic heterocycles. The number of para-hydroxylation sites is 1. The van der Waals surface area contributed by atoms with Gasteiger partial charge in [-0.3, -0.25) is 9.32 Å². The number of anilines is 1. The summed E-state index contributed by atoms with van der Waals surface area (Å²) in [6.45, 7) is 4.20. The lowest BCUT2D eigenvalue weighted by atomic mass is 10.2. The Balaban J connectivity index is 1.68. The number of amides is 1. The first-order valence-electron chi connectivity index (χ1n) is 8.17. The first-order valence-corrected chi connectivity index (χ1v) is 8.55. The van der Waals surface area contributed by atoms with E-state index < -0.39 is 0 Å². The smallest absolute Gasteiger partial charge is 0.418 e. The highest BCUT2D eigenvalue weighted by Gasteiger charge is 2.18. The maximum absolute atomic E-state index is 12.5. The molecule has 0 aliphatic rings.